The smallest absolute Gasteiger partial charge is 0.325 e. The first-order chi connectivity index (χ1) is 22.1. The second-order valence-electron chi connectivity index (χ2n) is 11.4. The first kappa shape index (κ1) is 35.6. The van der Waals surface area contributed by atoms with E-state index in [2.05, 4.69) is 30.8 Å². The van der Waals surface area contributed by atoms with Gasteiger partial charge in [0, 0.05) is 18.5 Å². The van der Waals surface area contributed by atoms with E-state index in [1.807, 2.05) is 69.3 Å². The van der Waals surface area contributed by atoms with Gasteiger partial charge in [0.15, 0.2) is 0 Å². The van der Waals surface area contributed by atoms with Gasteiger partial charge in [-0.1, -0.05) is 75.7 Å². The van der Waals surface area contributed by atoms with Crippen LogP contribution in [0.2, 0.25) is 0 Å². The van der Waals surface area contributed by atoms with E-state index in [-0.39, 0.29) is 31.5 Å². The number of nitrogens with one attached hydrogen (secondary N) is 2. The van der Waals surface area contributed by atoms with Crippen LogP contribution >= 0.6 is 0 Å². The molecule has 1 aromatic heterocycles. The van der Waals surface area contributed by atoms with Crippen LogP contribution in [0.1, 0.15) is 71.8 Å². The third-order valence-corrected chi connectivity index (χ3v) is 7.37. The Kier molecular flexibility index (Phi) is 14.1. The molecule has 46 heavy (non-hydrogen) atoms. The number of tetrazole rings is 1. The molecule has 0 aliphatic rings. The highest BCUT2D eigenvalue weighted by Gasteiger charge is 2.32. The van der Waals surface area contributed by atoms with Crippen molar-refractivity contribution in [1.29, 1.82) is 0 Å². The fraction of sp³-hybridized carbons (Fsp3) is 0.500. The first-order valence-electron chi connectivity index (χ1n) is 15.6. The van der Waals surface area contributed by atoms with Crippen LogP contribution in [0.5, 0.6) is 0 Å². The zero-order chi connectivity index (χ0) is 33.5. The second-order valence-corrected chi connectivity index (χ2v) is 11.4. The Morgan fingerprint density at radius 1 is 1.02 bits per heavy atom. The number of unbranched alkanes of at least 4 members (excludes halogenated alkanes) is 2. The molecule has 0 spiro atoms. The molecule has 0 saturated heterocycles. The van der Waals surface area contributed by atoms with Gasteiger partial charge in [0.25, 0.3) is 5.09 Å². The number of rotatable bonds is 19. The van der Waals surface area contributed by atoms with Crippen molar-refractivity contribution >= 4 is 17.8 Å². The van der Waals surface area contributed by atoms with E-state index >= 15 is 0 Å². The fourth-order valence-electron chi connectivity index (χ4n) is 5.04. The zero-order valence-corrected chi connectivity index (χ0v) is 26.8. The molecule has 0 saturated carbocycles. The molecule has 2 atom stereocenters. The number of nitrogens with zero attached hydrogens (tertiary/aromatic N) is 5. The fourth-order valence-corrected chi connectivity index (χ4v) is 5.04. The van der Waals surface area contributed by atoms with E-state index in [1.54, 1.807) is 11.8 Å². The van der Waals surface area contributed by atoms with Gasteiger partial charge in [0.2, 0.25) is 17.6 Å². The quantitative estimate of drug-likeness (QED) is 0.0821. The van der Waals surface area contributed by atoms with Crippen LogP contribution in [0, 0.1) is 16.0 Å². The molecular formula is C32H43N7O7. The molecule has 2 aromatic carbocycles. The SMILES string of the molecule is CCCCC(=O)N(Cc1ccc(-c2ccccc2-c2nn[nH]n2)cc1)C(C(=O)NCC(=O)OCCCCC(C)O[N+](=O)[O-])C(C)C. The summed E-state index contributed by atoms with van der Waals surface area (Å²) < 4.78 is 5.21. The summed E-state index contributed by atoms with van der Waals surface area (Å²) in [6, 6.07) is 14.7. The van der Waals surface area contributed by atoms with Crippen LogP contribution in [-0.2, 0) is 30.5 Å². The number of amides is 2. The minimum atomic E-state index is -0.826. The maximum absolute atomic E-state index is 13.5. The van der Waals surface area contributed by atoms with Crippen LogP contribution in [0.3, 0.4) is 0 Å². The highest BCUT2D eigenvalue weighted by molar-refractivity contribution is 5.90. The predicted molar refractivity (Wildman–Crippen MR) is 169 cm³/mol. The van der Waals surface area contributed by atoms with Crippen LogP contribution in [-0.4, -0.2) is 73.7 Å². The summed E-state index contributed by atoms with van der Waals surface area (Å²) in [5.74, 6) is -0.928. The van der Waals surface area contributed by atoms with Crippen molar-refractivity contribution in [3.63, 3.8) is 0 Å². The lowest BCUT2D eigenvalue weighted by Crippen LogP contribution is -2.52. The Hall–Kier alpha value is -4.88. The number of hydrogen-bond donors (Lipinski definition) is 2. The van der Waals surface area contributed by atoms with Crippen molar-refractivity contribution in [3.8, 4) is 22.5 Å². The molecule has 0 aliphatic heterocycles. The van der Waals surface area contributed by atoms with E-state index < -0.39 is 29.1 Å². The zero-order valence-electron chi connectivity index (χ0n) is 26.8. The van der Waals surface area contributed by atoms with Gasteiger partial charge >= 0.3 is 5.97 Å². The molecule has 0 aliphatic carbocycles. The Balaban J connectivity index is 1.65. The van der Waals surface area contributed by atoms with E-state index in [1.165, 1.54) is 0 Å². The van der Waals surface area contributed by atoms with Gasteiger partial charge in [-0.15, -0.1) is 20.3 Å². The van der Waals surface area contributed by atoms with Crippen molar-refractivity contribution in [2.45, 2.75) is 84.9 Å². The molecular weight excluding hydrogens is 594 g/mol. The number of aromatic nitrogens is 4. The van der Waals surface area contributed by atoms with Gasteiger partial charge in [0.1, 0.15) is 18.7 Å². The molecule has 3 rings (SSSR count). The van der Waals surface area contributed by atoms with Gasteiger partial charge < -0.3 is 19.8 Å². The third kappa shape index (κ3) is 10.9. The minimum Gasteiger partial charge on any atom is -0.464 e. The number of carbonyl (C=O) groups is 3. The van der Waals surface area contributed by atoms with Gasteiger partial charge in [-0.25, -0.2) is 0 Å². The number of H-pyrrole nitrogens is 1. The molecule has 2 N–H and O–H groups in total. The molecule has 14 nitrogen and oxygen atoms in total. The molecule has 2 amide bonds. The summed E-state index contributed by atoms with van der Waals surface area (Å²) >= 11 is 0. The highest BCUT2D eigenvalue weighted by atomic mass is 17.0. The largest absolute Gasteiger partial charge is 0.464 e. The molecule has 2 unspecified atom stereocenters. The predicted octanol–water partition coefficient (Wildman–Crippen LogP) is 4.50. The van der Waals surface area contributed by atoms with Crippen LogP contribution in [0.4, 0.5) is 0 Å². The van der Waals surface area contributed by atoms with Crippen molar-refractivity contribution in [3.05, 3.63) is 64.2 Å². The number of carbonyl (C=O) groups excluding carboxylic acids is 3. The number of benzene rings is 2. The van der Waals surface area contributed by atoms with Crippen molar-refractivity contribution < 1.29 is 29.0 Å². The number of hydrogen-bond acceptors (Lipinski definition) is 10. The Morgan fingerprint density at radius 2 is 1.74 bits per heavy atom. The lowest BCUT2D eigenvalue weighted by molar-refractivity contribution is -0.767. The van der Waals surface area contributed by atoms with Crippen molar-refractivity contribution in [1.82, 2.24) is 30.8 Å². The highest BCUT2D eigenvalue weighted by Crippen LogP contribution is 2.30. The minimum absolute atomic E-state index is 0.116. The summed E-state index contributed by atoms with van der Waals surface area (Å²) in [6.07, 6.45) is 2.81. The standard InChI is InChI=1S/C32H43N7O7/c1-5-6-14-28(40)38(21-24-15-17-25(18-16-24)26-12-7-8-13-27(26)31-34-36-37-35-31)30(22(2)3)32(42)33-20-29(41)45-19-10-9-11-23(4)46-39(43)44/h7-8,12-13,15-18,22-23,30H,5-6,9-11,14,19-21H2,1-4H3,(H,33,42)(H,34,35,36,37). The molecule has 0 fully saturated rings. The summed E-state index contributed by atoms with van der Waals surface area (Å²) in [6.45, 7) is 7.32. The van der Waals surface area contributed by atoms with Gasteiger partial charge in [-0.3, -0.25) is 14.4 Å². The first-order valence-corrected chi connectivity index (χ1v) is 15.6. The maximum Gasteiger partial charge on any atom is 0.325 e. The van der Waals surface area contributed by atoms with E-state index in [4.69, 9.17) is 4.74 Å². The van der Waals surface area contributed by atoms with Gasteiger partial charge in [-0.05, 0) is 60.4 Å². The average Bonchev–Trinajstić information content (AvgIpc) is 3.57. The monoisotopic (exact) mass is 637 g/mol. The molecule has 14 heteroatoms. The summed E-state index contributed by atoms with van der Waals surface area (Å²) in [7, 11) is 0. The summed E-state index contributed by atoms with van der Waals surface area (Å²) in [5, 5.41) is 26.6. The number of esters is 1. The van der Waals surface area contributed by atoms with E-state index in [0.29, 0.717) is 37.9 Å². The van der Waals surface area contributed by atoms with Crippen LogP contribution in [0.15, 0.2) is 48.5 Å². The molecule has 1 heterocycles. The van der Waals surface area contributed by atoms with E-state index in [9.17, 15) is 24.5 Å². The third-order valence-electron chi connectivity index (χ3n) is 7.37. The van der Waals surface area contributed by atoms with Crippen molar-refractivity contribution in [2.24, 2.45) is 5.92 Å². The molecule has 0 radical (unpaired) electrons. The Bertz CT molecular complexity index is 1410. The average molecular weight is 638 g/mol. The van der Waals surface area contributed by atoms with Crippen LogP contribution in [0.25, 0.3) is 22.5 Å². The lowest BCUT2D eigenvalue weighted by atomic mass is 9.97. The lowest BCUT2D eigenvalue weighted by Gasteiger charge is -2.34. The molecule has 3 aromatic rings. The van der Waals surface area contributed by atoms with Crippen LogP contribution < -0.4 is 5.32 Å². The maximum atomic E-state index is 13.5. The van der Waals surface area contributed by atoms with Gasteiger partial charge in [0.05, 0.1) is 6.61 Å². The number of ether oxygens (including phenoxy) is 1. The number of aromatic amines is 1. The summed E-state index contributed by atoms with van der Waals surface area (Å²) in [4.78, 5) is 55.6. The van der Waals surface area contributed by atoms with E-state index in [0.717, 1.165) is 28.7 Å². The molecule has 0 bridgehead atoms. The van der Waals surface area contributed by atoms with Gasteiger partial charge in [-0.2, -0.15) is 5.21 Å². The second kappa shape index (κ2) is 18.2. The van der Waals surface area contributed by atoms with Crippen molar-refractivity contribution in [2.75, 3.05) is 13.2 Å². The Labute approximate surface area is 268 Å². The Morgan fingerprint density at radius 3 is 2.37 bits per heavy atom. The topological polar surface area (TPSA) is 183 Å². The normalized spacial score (nSPS) is 12.3. The summed E-state index contributed by atoms with van der Waals surface area (Å²) in [5.41, 5.74) is 3.54. The molecule has 248 valence electrons.